The molecule has 1 atom stereocenters. The van der Waals surface area contributed by atoms with Crippen LogP contribution in [0.25, 0.3) is 0 Å². The molecule has 2 nitrogen and oxygen atoms in total. The Hall–Kier alpha value is -0.380. The minimum atomic E-state index is 0.483. The number of aryl methyl sites for hydroxylation is 1. The van der Waals surface area contributed by atoms with E-state index in [4.69, 9.17) is 5.84 Å². The molecule has 0 aliphatic rings. The van der Waals surface area contributed by atoms with Gasteiger partial charge in [0.1, 0.15) is 0 Å². The number of hydrogen-bond acceptors (Lipinski definition) is 3. The van der Waals surface area contributed by atoms with Crippen LogP contribution in [0.2, 0.25) is 0 Å². The van der Waals surface area contributed by atoms with Gasteiger partial charge < -0.3 is 0 Å². The van der Waals surface area contributed by atoms with Gasteiger partial charge in [-0.05, 0) is 41.7 Å². The van der Waals surface area contributed by atoms with Crippen molar-refractivity contribution in [2.75, 3.05) is 0 Å². The largest absolute Gasteiger partial charge is 0.271 e. The Morgan fingerprint density at radius 2 is 2.27 bits per heavy atom. The summed E-state index contributed by atoms with van der Waals surface area (Å²) in [6.45, 7) is 2.23. The molecular formula is C12H22N2S. The standard InChI is InChI=1S/C12H22N2S/c1-2-3-4-5-12(14-13)7-6-11-8-9-15-10-11/h8-10,12,14H,2-7,13H2,1H3. The van der Waals surface area contributed by atoms with Gasteiger partial charge in [0.15, 0.2) is 0 Å². The molecule has 0 saturated heterocycles. The predicted molar refractivity (Wildman–Crippen MR) is 67.9 cm³/mol. The second-order valence-corrected chi connectivity index (χ2v) is 4.81. The normalized spacial score (nSPS) is 12.9. The van der Waals surface area contributed by atoms with Crippen LogP contribution in [0, 0.1) is 0 Å². The van der Waals surface area contributed by atoms with Crippen LogP contribution < -0.4 is 11.3 Å². The van der Waals surface area contributed by atoms with E-state index in [9.17, 15) is 0 Å². The van der Waals surface area contributed by atoms with E-state index in [1.165, 1.54) is 31.2 Å². The van der Waals surface area contributed by atoms with E-state index in [1.807, 2.05) is 0 Å². The van der Waals surface area contributed by atoms with Crippen molar-refractivity contribution in [3.8, 4) is 0 Å². The van der Waals surface area contributed by atoms with Gasteiger partial charge in [0.05, 0.1) is 0 Å². The van der Waals surface area contributed by atoms with Crippen molar-refractivity contribution in [2.24, 2.45) is 5.84 Å². The Labute approximate surface area is 96.9 Å². The minimum Gasteiger partial charge on any atom is -0.271 e. The smallest absolute Gasteiger partial charge is 0.0213 e. The van der Waals surface area contributed by atoms with Gasteiger partial charge in [0.25, 0.3) is 0 Å². The predicted octanol–water partition coefficient (Wildman–Crippen LogP) is 3.09. The average Bonchev–Trinajstić information content (AvgIpc) is 2.76. The van der Waals surface area contributed by atoms with E-state index in [1.54, 1.807) is 11.3 Å². The molecule has 0 spiro atoms. The van der Waals surface area contributed by atoms with E-state index in [-0.39, 0.29) is 0 Å². The summed E-state index contributed by atoms with van der Waals surface area (Å²) in [4.78, 5) is 0. The maximum absolute atomic E-state index is 5.55. The second-order valence-electron chi connectivity index (χ2n) is 4.03. The Balaban J connectivity index is 2.16. The zero-order valence-electron chi connectivity index (χ0n) is 9.54. The summed E-state index contributed by atoms with van der Waals surface area (Å²) in [6.07, 6.45) is 7.38. The fraction of sp³-hybridized carbons (Fsp3) is 0.667. The fourth-order valence-corrected chi connectivity index (χ4v) is 2.43. The number of hydrazine groups is 1. The monoisotopic (exact) mass is 226 g/mol. The number of nitrogens with one attached hydrogen (secondary N) is 1. The first-order chi connectivity index (χ1) is 7.36. The lowest BCUT2D eigenvalue weighted by molar-refractivity contribution is 0.444. The van der Waals surface area contributed by atoms with Crippen LogP contribution in [0.3, 0.4) is 0 Å². The molecule has 1 aromatic heterocycles. The summed E-state index contributed by atoms with van der Waals surface area (Å²) in [6, 6.07) is 2.68. The van der Waals surface area contributed by atoms with Crippen LogP contribution in [-0.2, 0) is 6.42 Å². The van der Waals surface area contributed by atoms with Gasteiger partial charge in [0, 0.05) is 6.04 Å². The van der Waals surface area contributed by atoms with Crippen LogP contribution in [0.15, 0.2) is 16.8 Å². The van der Waals surface area contributed by atoms with Crippen molar-refractivity contribution in [2.45, 2.75) is 51.5 Å². The van der Waals surface area contributed by atoms with Gasteiger partial charge in [-0.3, -0.25) is 11.3 Å². The fourth-order valence-electron chi connectivity index (χ4n) is 1.73. The highest BCUT2D eigenvalue weighted by molar-refractivity contribution is 7.07. The Morgan fingerprint density at radius 3 is 2.87 bits per heavy atom. The van der Waals surface area contributed by atoms with Crippen molar-refractivity contribution >= 4 is 11.3 Å². The molecule has 3 heteroatoms. The van der Waals surface area contributed by atoms with Crippen molar-refractivity contribution in [1.82, 2.24) is 5.43 Å². The molecule has 0 aliphatic carbocycles. The summed E-state index contributed by atoms with van der Waals surface area (Å²) in [5.41, 5.74) is 4.37. The van der Waals surface area contributed by atoms with Crippen molar-refractivity contribution < 1.29 is 0 Å². The number of nitrogens with two attached hydrogens (primary N) is 1. The molecule has 1 unspecified atom stereocenters. The number of thiophene rings is 1. The van der Waals surface area contributed by atoms with E-state index >= 15 is 0 Å². The highest BCUT2D eigenvalue weighted by atomic mass is 32.1. The van der Waals surface area contributed by atoms with Crippen molar-refractivity contribution in [1.29, 1.82) is 0 Å². The first-order valence-electron chi connectivity index (χ1n) is 5.84. The third-order valence-electron chi connectivity index (χ3n) is 2.75. The summed E-state index contributed by atoms with van der Waals surface area (Å²) in [5.74, 6) is 5.55. The quantitative estimate of drug-likeness (QED) is 0.406. The molecule has 1 rings (SSSR count). The molecule has 0 fully saturated rings. The van der Waals surface area contributed by atoms with Gasteiger partial charge in [-0.1, -0.05) is 26.2 Å². The maximum Gasteiger partial charge on any atom is 0.0213 e. The molecule has 0 aromatic carbocycles. The molecule has 3 N–H and O–H groups in total. The highest BCUT2D eigenvalue weighted by Gasteiger charge is 2.06. The van der Waals surface area contributed by atoms with Crippen molar-refractivity contribution in [3.05, 3.63) is 22.4 Å². The van der Waals surface area contributed by atoms with Gasteiger partial charge in [-0.2, -0.15) is 11.3 Å². The molecule has 86 valence electrons. The summed E-state index contributed by atoms with van der Waals surface area (Å²) < 4.78 is 0. The third kappa shape index (κ3) is 5.30. The van der Waals surface area contributed by atoms with E-state index in [0.29, 0.717) is 6.04 Å². The molecule has 15 heavy (non-hydrogen) atoms. The molecule has 0 bridgehead atoms. The van der Waals surface area contributed by atoms with E-state index in [0.717, 1.165) is 12.8 Å². The van der Waals surface area contributed by atoms with Crippen LogP contribution in [0.5, 0.6) is 0 Å². The highest BCUT2D eigenvalue weighted by Crippen LogP contribution is 2.12. The Kier molecular flexibility index (Phi) is 6.64. The van der Waals surface area contributed by atoms with Crippen LogP contribution in [0.1, 0.15) is 44.6 Å². The van der Waals surface area contributed by atoms with Crippen LogP contribution in [-0.4, -0.2) is 6.04 Å². The van der Waals surface area contributed by atoms with Crippen LogP contribution >= 0.6 is 11.3 Å². The molecule has 0 amide bonds. The van der Waals surface area contributed by atoms with Gasteiger partial charge in [0.2, 0.25) is 0 Å². The van der Waals surface area contributed by atoms with Gasteiger partial charge in [-0.15, -0.1) is 0 Å². The number of rotatable bonds is 8. The lowest BCUT2D eigenvalue weighted by atomic mass is 10.0. The lowest BCUT2D eigenvalue weighted by Crippen LogP contribution is -2.35. The molecular weight excluding hydrogens is 204 g/mol. The second kappa shape index (κ2) is 7.85. The summed E-state index contributed by atoms with van der Waals surface area (Å²) >= 11 is 1.77. The molecule has 0 radical (unpaired) electrons. The lowest BCUT2D eigenvalue weighted by Gasteiger charge is -2.14. The third-order valence-corrected chi connectivity index (χ3v) is 3.49. The number of hydrogen-bond donors (Lipinski definition) is 2. The Morgan fingerprint density at radius 1 is 1.40 bits per heavy atom. The van der Waals surface area contributed by atoms with E-state index in [2.05, 4.69) is 29.2 Å². The zero-order valence-corrected chi connectivity index (χ0v) is 10.4. The maximum atomic E-state index is 5.55. The molecule has 1 heterocycles. The summed E-state index contributed by atoms with van der Waals surface area (Å²) in [7, 11) is 0. The van der Waals surface area contributed by atoms with Crippen molar-refractivity contribution in [3.63, 3.8) is 0 Å². The number of unbranched alkanes of at least 4 members (excludes halogenated alkanes) is 2. The molecule has 0 aliphatic heterocycles. The molecule has 1 aromatic rings. The van der Waals surface area contributed by atoms with Crippen LogP contribution in [0.4, 0.5) is 0 Å². The first-order valence-corrected chi connectivity index (χ1v) is 6.78. The summed E-state index contributed by atoms with van der Waals surface area (Å²) in [5, 5.41) is 4.36. The topological polar surface area (TPSA) is 38.0 Å². The van der Waals surface area contributed by atoms with Gasteiger partial charge >= 0.3 is 0 Å². The zero-order chi connectivity index (χ0) is 10.9. The average molecular weight is 226 g/mol. The Bertz CT molecular complexity index is 234. The minimum absolute atomic E-state index is 0.483. The SMILES string of the molecule is CCCCCC(CCc1ccsc1)NN. The van der Waals surface area contributed by atoms with Gasteiger partial charge in [-0.25, -0.2) is 0 Å². The van der Waals surface area contributed by atoms with E-state index < -0.39 is 0 Å². The molecule has 0 saturated carbocycles. The first kappa shape index (κ1) is 12.7.